The maximum Gasteiger partial charge on any atom is 0.341 e. The number of hydrogen-bond acceptors (Lipinski definition) is 4. The average molecular weight is 261 g/mol. The van der Waals surface area contributed by atoms with Crippen molar-refractivity contribution in [2.24, 2.45) is 0 Å². The van der Waals surface area contributed by atoms with Crippen molar-refractivity contribution < 1.29 is 19.4 Å². The van der Waals surface area contributed by atoms with Gasteiger partial charge in [-0.05, 0) is 25.1 Å². The van der Waals surface area contributed by atoms with Crippen molar-refractivity contribution in [1.29, 1.82) is 0 Å². The third kappa shape index (κ3) is 2.20. The van der Waals surface area contributed by atoms with Gasteiger partial charge in [0.25, 0.3) is 5.56 Å². The summed E-state index contributed by atoms with van der Waals surface area (Å²) in [4.78, 5) is 34.8. The summed E-state index contributed by atoms with van der Waals surface area (Å²) in [5.41, 5.74) is -0.779. The smallest absolute Gasteiger partial charge is 0.341 e. The van der Waals surface area contributed by atoms with Crippen LogP contribution in [0.1, 0.15) is 27.6 Å². The summed E-state index contributed by atoms with van der Waals surface area (Å²) in [7, 11) is 0. The molecule has 0 radical (unpaired) electrons. The Labute approximate surface area is 107 Å². The molecule has 0 saturated carbocycles. The van der Waals surface area contributed by atoms with Gasteiger partial charge in [0.2, 0.25) is 0 Å². The molecule has 0 aliphatic heterocycles. The van der Waals surface area contributed by atoms with Crippen molar-refractivity contribution in [3.8, 4) is 0 Å². The maximum absolute atomic E-state index is 11.9. The van der Waals surface area contributed by atoms with E-state index in [4.69, 9.17) is 9.84 Å². The molecule has 2 aromatic heterocycles. The zero-order valence-corrected chi connectivity index (χ0v) is 10.1. The fourth-order valence-electron chi connectivity index (χ4n) is 1.78. The summed E-state index contributed by atoms with van der Waals surface area (Å²) < 4.78 is 5.98. The summed E-state index contributed by atoms with van der Waals surface area (Å²) in [5.74, 6) is -2.04. The van der Waals surface area contributed by atoms with Crippen molar-refractivity contribution in [2.75, 3.05) is 6.61 Å². The molecule has 19 heavy (non-hydrogen) atoms. The van der Waals surface area contributed by atoms with Gasteiger partial charge in [0.1, 0.15) is 5.56 Å². The predicted octanol–water partition coefficient (Wildman–Crippen LogP) is 1.17. The minimum absolute atomic E-state index is 0.0550. The van der Waals surface area contributed by atoms with E-state index in [0.717, 1.165) is 10.5 Å². The molecule has 6 heteroatoms. The third-order valence-electron chi connectivity index (χ3n) is 2.60. The predicted molar refractivity (Wildman–Crippen MR) is 66.6 cm³/mol. The zero-order valence-electron chi connectivity index (χ0n) is 10.1. The second kappa shape index (κ2) is 4.93. The van der Waals surface area contributed by atoms with E-state index in [0.29, 0.717) is 5.52 Å². The minimum atomic E-state index is -1.38. The van der Waals surface area contributed by atoms with Crippen LogP contribution in [0.15, 0.2) is 35.3 Å². The SMILES string of the molecule is CCOC(=O)c1cc(C(=O)O)c(=O)n2ccccc12. The highest BCUT2D eigenvalue weighted by Gasteiger charge is 2.19. The quantitative estimate of drug-likeness (QED) is 0.838. The largest absolute Gasteiger partial charge is 0.477 e. The summed E-state index contributed by atoms with van der Waals surface area (Å²) in [6.07, 6.45) is 1.41. The number of ether oxygens (including phenoxy) is 1. The second-order valence-corrected chi connectivity index (χ2v) is 3.76. The lowest BCUT2D eigenvalue weighted by atomic mass is 10.1. The van der Waals surface area contributed by atoms with Crippen LogP contribution in [0.5, 0.6) is 0 Å². The van der Waals surface area contributed by atoms with E-state index in [1.165, 1.54) is 6.20 Å². The molecule has 0 spiro atoms. The van der Waals surface area contributed by atoms with E-state index in [2.05, 4.69) is 0 Å². The number of fused-ring (bicyclic) bond motifs is 1. The van der Waals surface area contributed by atoms with Gasteiger partial charge in [-0.2, -0.15) is 0 Å². The van der Waals surface area contributed by atoms with Gasteiger partial charge < -0.3 is 9.84 Å². The minimum Gasteiger partial charge on any atom is -0.477 e. The monoisotopic (exact) mass is 261 g/mol. The number of rotatable bonds is 3. The van der Waals surface area contributed by atoms with Gasteiger partial charge in [-0.25, -0.2) is 9.59 Å². The van der Waals surface area contributed by atoms with Gasteiger partial charge >= 0.3 is 11.9 Å². The fourth-order valence-corrected chi connectivity index (χ4v) is 1.78. The molecule has 0 fully saturated rings. The van der Waals surface area contributed by atoms with E-state index in [1.54, 1.807) is 25.1 Å². The van der Waals surface area contributed by atoms with E-state index >= 15 is 0 Å². The molecule has 0 aromatic carbocycles. The van der Waals surface area contributed by atoms with Gasteiger partial charge in [0.05, 0.1) is 17.7 Å². The number of hydrogen-bond donors (Lipinski definition) is 1. The maximum atomic E-state index is 11.9. The molecule has 2 rings (SSSR count). The van der Waals surface area contributed by atoms with Crippen LogP contribution in [-0.2, 0) is 4.74 Å². The molecule has 2 aromatic rings. The molecule has 6 nitrogen and oxygen atoms in total. The lowest BCUT2D eigenvalue weighted by Crippen LogP contribution is -2.24. The molecule has 98 valence electrons. The number of nitrogens with zero attached hydrogens (tertiary/aromatic N) is 1. The fraction of sp³-hybridized carbons (Fsp3) is 0.154. The molecule has 0 aliphatic carbocycles. The van der Waals surface area contributed by atoms with Crippen LogP contribution in [0.2, 0.25) is 0 Å². The number of pyridine rings is 2. The summed E-state index contributed by atoms with van der Waals surface area (Å²) in [6.45, 7) is 1.81. The van der Waals surface area contributed by atoms with Gasteiger partial charge in [-0.1, -0.05) is 6.07 Å². The summed E-state index contributed by atoms with van der Waals surface area (Å²) >= 11 is 0. The Morgan fingerprint density at radius 1 is 1.32 bits per heavy atom. The lowest BCUT2D eigenvalue weighted by Gasteiger charge is -2.08. The lowest BCUT2D eigenvalue weighted by molar-refractivity contribution is 0.0528. The Bertz CT molecular complexity index is 717. The Morgan fingerprint density at radius 2 is 2.05 bits per heavy atom. The first-order valence-electron chi connectivity index (χ1n) is 5.61. The number of carbonyl (C=O) groups excluding carboxylic acids is 1. The number of carbonyl (C=O) groups is 2. The highest BCUT2D eigenvalue weighted by Crippen LogP contribution is 2.12. The van der Waals surface area contributed by atoms with Crippen LogP contribution in [0, 0.1) is 0 Å². The van der Waals surface area contributed by atoms with Gasteiger partial charge in [-0.3, -0.25) is 9.20 Å². The van der Waals surface area contributed by atoms with Crippen molar-refractivity contribution in [2.45, 2.75) is 6.92 Å². The Balaban J connectivity index is 2.82. The number of aromatic nitrogens is 1. The van der Waals surface area contributed by atoms with Crippen LogP contribution < -0.4 is 5.56 Å². The van der Waals surface area contributed by atoms with E-state index in [-0.39, 0.29) is 12.2 Å². The van der Waals surface area contributed by atoms with E-state index < -0.39 is 23.1 Å². The van der Waals surface area contributed by atoms with Crippen LogP contribution in [0.4, 0.5) is 0 Å². The van der Waals surface area contributed by atoms with Crippen LogP contribution in [0.25, 0.3) is 5.52 Å². The van der Waals surface area contributed by atoms with E-state index in [9.17, 15) is 14.4 Å². The highest BCUT2D eigenvalue weighted by molar-refractivity contribution is 5.99. The molecule has 0 amide bonds. The van der Waals surface area contributed by atoms with Gasteiger partial charge in [-0.15, -0.1) is 0 Å². The highest BCUT2D eigenvalue weighted by atomic mass is 16.5. The Morgan fingerprint density at radius 3 is 2.68 bits per heavy atom. The third-order valence-corrected chi connectivity index (χ3v) is 2.60. The van der Waals surface area contributed by atoms with Crippen LogP contribution in [-0.4, -0.2) is 28.1 Å². The van der Waals surface area contributed by atoms with Crippen molar-refractivity contribution in [1.82, 2.24) is 4.40 Å². The standard InChI is InChI=1S/C13H11NO5/c1-2-19-13(18)8-7-9(12(16)17)11(15)14-6-4-3-5-10(8)14/h3-7H,2H2,1H3,(H,16,17). The molecule has 1 N–H and O–H groups in total. The molecule has 0 unspecified atom stereocenters. The molecule has 0 atom stereocenters. The zero-order chi connectivity index (χ0) is 14.0. The first-order chi connectivity index (χ1) is 9.06. The van der Waals surface area contributed by atoms with E-state index in [1.807, 2.05) is 0 Å². The molecule has 0 aliphatic rings. The van der Waals surface area contributed by atoms with Crippen molar-refractivity contribution in [3.63, 3.8) is 0 Å². The van der Waals surface area contributed by atoms with Crippen molar-refractivity contribution >= 4 is 17.5 Å². The molecular weight excluding hydrogens is 250 g/mol. The summed E-state index contributed by atoms with van der Waals surface area (Å²) in [5, 5.41) is 9.00. The van der Waals surface area contributed by atoms with Gasteiger partial charge in [0.15, 0.2) is 0 Å². The number of carboxylic acid groups (broad SMARTS) is 1. The summed E-state index contributed by atoms with van der Waals surface area (Å²) in [6, 6.07) is 5.84. The number of aromatic carboxylic acids is 1. The van der Waals surface area contributed by atoms with Crippen LogP contribution >= 0.6 is 0 Å². The van der Waals surface area contributed by atoms with Crippen LogP contribution in [0.3, 0.4) is 0 Å². The molecular formula is C13H11NO5. The number of carboxylic acids is 1. The first-order valence-corrected chi connectivity index (χ1v) is 5.61. The second-order valence-electron chi connectivity index (χ2n) is 3.76. The Kier molecular flexibility index (Phi) is 3.33. The molecule has 2 heterocycles. The number of esters is 1. The topological polar surface area (TPSA) is 85.1 Å². The van der Waals surface area contributed by atoms with Gasteiger partial charge in [0, 0.05) is 6.20 Å². The average Bonchev–Trinajstić information content (AvgIpc) is 2.39. The first kappa shape index (κ1) is 12.8. The Hall–Kier alpha value is -2.63. The molecule has 0 bridgehead atoms. The normalized spacial score (nSPS) is 10.4. The molecule has 0 saturated heterocycles. The van der Waals surface area contributed by atoms with Crippen molar-refractivity contribution in [3.05, 3.63) is 51.9 Å².